The van der Waals surface area contributed by atoms with E-state index < -0.39 is 17.0 Å². The van der Waals surface area contributed by atoms with Crippen LogP contribution in [-0.4, -0.2) is 42.4 Å². The molecule has 7 rings (SSSR count). The lowest BCUT2D eigenvalue weighted by Crippen LogP contribution is -2.31. The van der Waals surface area contributed by atoms with Crippen LogP contribution in [0.5, 0.6) is 0 Å². The first kappa shape index (κ1) is 40.3. The first-order chi connectivity index (χ1) is 24.2. The van der Waals surface area contributed by atoms with Crippen LogP contribution in [0.15, 0.2) is 37.9 Å². The molecule has 0 spiro atoms. The maximum absolute atomic E-state index is 13.1. The van der Waals surface area contributed by atoms with E-state index in [0.717, 1.165) is 86.9 Å². The predicted molar refractivity (Wildman–Crippen MR) is 207 cm³/mol. The fraction of sp³-hybridized carbons (Fsp3) is 0.471. The molecule has 2 amide bonds. The minimum atomic E-state index is -0.576. The maximum atomic E-state index is 13.1. The molecule has 51 heavy (non-hydrogen) atoms. The lowest BCUT2D eigenvalue weighted by atomic mass is 9.83. The Morgan fingerprint density at radius 3 is 1.98 bits per heavy atom. The summed E-state index contributed by atoms with van der Waals surface area (Å²) in [6.07, 6.45) is 11.2. The van der Waals surface area contributed by atoms with Crippen molar-refractivity contribution in [3.05, 3.63) is 45.7 Å². The summed E-state index contributed by atoms with van der Waals surface area (Å²) in [5, 5.41) is 20.1. The number of halogens is 4. The van der Waals surface area contributed by atoms with Gasteiger partial charge in [-0.3, -0.25) is 14.6 Å². The Bertz CT molecular complexity index is 1950. The van der Waals surface area contributed by atoms with Gasteiger partial charge in [0, 0.05) is 23.6 Å². The molecule has 3 fully saturated rings. The summed E-state index contributed by atoms with van der Waals surface area (Å²) in [5.41, 5.74) is 12.1. The second kappa shape index (κ2) is 17.8. The molecule has 1 saturated heterocycles. The van der Waals surface area contributed by atoms with E-state index in [-0.39, 0.29) is 29.0 Å². The Morgan fingerprint density at radius 1 is 0.882 bits per heavy atom. The average molecular weight is 868 g/mol. The Morgan fingerprint density at radius 2 is 1.43 bits per heavy atom. The van der Waals surface area contributed by atoms with Crippen LogP contribution in [0, 0.1) is 36.8 Å². The second-order valence-corrected chi connectivity index (χ2v) is 15.7. The molecule has 0 bridgehead atoms. The van der Waals surface area contributed by atoms with Gasteiger partial charge in [0.1, 0.15) is 11.6 Å². The van der Waals surface area contributed by atoms with Crippen molar-refractivity contribution in [3.63, 3.8) is 0 Å². The Labute approximate surface area is 320 Å². The second-order valence-electron chi connectivity index (χ2n) is 12.5. The summed E-state index contributed by atoms with van der Waals surface area (Å²) in [7, 11) is 0. The van der Waals surface area contributed by atoms with Crippen molar-refractivity contribution in [2.24, 2.45) is 15.2 Å². The van der Waals surface area contributed by atoms with Gasteiger partial charge in [0.05, 0.1) is 58.9 Å². The third-order valence-corrected chi connectivity index (χ3v) is 12.3. The molecule has 11 nitrogen and oxygen atoms in total. The van der Waals surface area contributed by atoms with Crippen LogP contribution >= 0.6 is 55.1 Å². The summed E-state index contributed by atoms with van der Waals surface area (Å²) < 4.78 is 37.5. The van der Waals surface area contributed by atoms with Gasteiger partial charge in [-0.2, -0.15) is 24.2 Å². The number of azo groups is 1. The smallest absolute Gasteiger partial charge is 0.239 e. The molecule has 0 atom stereocenters. The average Bonchev–Trinajstić information content (AvgIpc) is 3.79. The van der Waals surface area contributed by atoms with E-state index in [4.69, 9.17) is 11.5 Å². The summed E-state index contributed by atoms with van der Waals surface area (Å²) in [5.74, 6) is -1.06. The minimum absolute atomic E-state index is 0.144. The molecule has 17 heteroatoms. The van der Waals surface area contributed by atoms with Gasteiger partial charge in [-0.1, -0.05) is 12.8 Å². The van der Waals surface area contributed by atoms with Gasteiger partial charge in [-0.15, -0.1) is 0 Å². The summed E-state index contributed by atoms with van der Waals surface area (Å²) in [6, 6.07) is 6.85. The lowest BCUT2D eigenvalue weighted by molar-refractivity contribution is -0.131. The fourth-order valence-electron chi connectivity index (χ4n) is 5.80. The van der Waals surface area contributed by atoms with Gasteiger partial charge in [0.2, 0.25) is 11.8 Å². The highest BCUT2D eigenvalue weighted by atomic mass is 79.9. The van der Waals surface area contributed by atoms with Gasteiger partial charge in [0.25, 0.3) is 0 Å². The Balaban J connectivity index is 0.000000158. The van der Waals surface area contributed by atoms with E-state index in [2.05, 4.69) is 68.8 Å². The van der Waals surface area contributed by atoms with Gasteiger partial charge in [0.15, 0.2) is 11.2 Å². The van der Waals surface area contributed by atoms with Crippen LogP contribution in [0.4, 0.5) is 20.2 Å². The minimum Gasteiger partial charge on any atom is -0.396 e. The van der Waals surface area contributed by atoms with Crippen LogP contribution in [0.25, 0.3) is 20.2 Å². The molecular formula is C34H39Br2F2N9O2S2. The number of fused-ring (bicyclic) bond motifs is 2. The monoisotopic (exact) mass is 865 g/mol. The van der Waals surface area contributed by atoms with E-state index in [9.17, 15) is 23.6 Å². The number of rotatable bonds is 3. The standard InChI is InChI=1S/C14H22N4.C8H6BrFN2S.C8H7FN2S.C4H4BrNO2/c1-16-14(10-6-3-7-11-14)18-17-13(12-15)8-4-2-5-9-13;1-3-6-5(13-12-3)2-4(10)8(11)7(6)9;1-4-5-2-7(10)6(9)3-8(5)12-11-4;5-6-3(7)1-2-4(6)8/h1-11H2;2H,11H2,1H3;2-3H,10H2,1H3;1-2H2. The third-order valence-electron chi connectivity index (χ3n) is 8.89. The van der Waals surface area contributed by atoms with E-state index in [1.54, 1.807) is 6.07 Å². The molecule has 2 saturated carbocycles. The van der Waals surface area contributed by atoms with Crippen LogP contribution in [0.3, 0.4) is 0 Å². The number of aryl methyl sites for hydroxylation is 2. The number of aliphatic imine (C=N–C) groups is 1. The number of amides is 2. The number of nitrogens with two attached hydrogens (primary N) is 2. The molecule has 2 aromatic heterocycles. The molecule has 272 valence electrons. The Hall–Kier alpha value is -3.46. The zero-order valence-corrected chi connectivity index (χ0v) is 33.2. The molecule has 0 radical (unpaired) electrons. The summed E-state index contributed by atoms with van der Waals surface area (Å²) in [6.45, 7) is 7.44. The number of nitrogens with zero attached hydrogens (tertiary/aromatic N) is 7. The molecule has 0 unspecified atom stereocenters. The molecule has 2 aliphatic carbocycles. The summed E-state index contributed by atoms with van der Waals surface area (Å²) >= 11 is 8.63. The van der Waals surface area contributed by atoms with Crippen molar-refractivity contribution in [3.8, 4) is 6.07 Å². The van der Waals surface area contributed by atoms with Gasteiger partial charge in [-0.25, -0.2) is 12.7 Å². The van der Waals surface area contributed by atoms with E-state index in [0.29, 0.717) is 17.3 Å². The van der Waals surface area contributed by atoms with Crippen molar-refractivity contribution < 1.29 is 18.4 Å². The number of benzene rings is 2. The van der Waals surface area contributed by atoms with Crippen LogP contribution in [0.1, 0.15) is 88.4 Å². The first-order valence-corrected chi connectivity index (χ1v) is 19.5. The molecule has 3 heterocycles. The fourth-order valence-corrected chi connectivity index (χ4v) is 8.59. The zero-order valence-electron chi connectivity index (χ0n) is 28.4. The molecule has 3 aliphatic rings. The van der Waals surface area contributed by atoms with Crippen LogP contribution < -0.4 is 11.5 Å². The Kier molecular flexibility index (Phi) is 14.1. The van der Waals surface area contributed by atoms with E-state index in [1.165, 1.54) is 48.0 Å². The lowest BCUT2D eigenvalue weighted by Gasteiger charge is -2.31. The number of imide groups is 1. The highest BCUT2D eigenvalue weighted by Crippen LogP contribution is 2.38. The zero-order chi connectivity index (χ0) is 37.3. The SMILES string of the molecule is C=NC1(N=NC2(C#N)CCCCC2)CCCCC1.Cc1nsc2cc(F)c(N)c(Br)c12.Cc1nsc2cc(F)c(N)cc12.O=C1CCC(=O)N1Br. The quantitative estimate of drug-likeness (QED) is 0.0677. The number of nitriles is 1. The number of nitrogen functional groups attached to an aromatic ring is 2. The topological polar surface area (TPSA) is 176 Å². The molecule has 4 N–H and O–H groups in total. The number of carbonyl (C=O) groups is 2. The largest absolute Gasteiger partial charge is 0.396 e. The van der Waals surface area contributed by atoms with Crippen LogP contribution in [-0.2, 0) is 9.59 Å². The number of hydrogen-bond donors (Lipinski definition) is 2. The van der Waals surface area contributed by atoms with Crippen molar-refractivity contribution >= 4 is 105 Å². The highest BCUT2D eigenvalue weighted by Gasteiger charge is 2.36. The van der Waals surface area contributed by atoms with Crippen LogP contribution in [0.2, 0.25) is 0 Å². The number of aromatic nitrogens is 2. The van der Waals surface area contributed by atoms with E-state index in [1.807, 2.05) is 13.8 Å². The van der Waals surface area contributed by atoms with Gasteiger partial charge < -0.3 is 11.5 Å². The van der Waals surface area contributed by atoms with Crippen molar-refractivity contribution in [2.45, 2.75) is 102 Å². The van der Waals surface area contributed by atoms with Gasteiger partial charge >= 0.3 is 0 Å². The summed E-state index contributed by atoms with van der Waals surface area (Å²) in [4.78, 5) is 25.1. The molecule has 4 aromatic rings. The van der Waals surface area contributed by atoms with Crippen molar-refractivity contribution in [1.29, 1.82) is 5.26 Å². The van der Waals surface area contributed by atoms with E-state index >= 15 is 0 Å². The normalized spacial score (nSPS) is 17.9. The molecular weight excluding hydrogens is 828 g/mol. The number of carbonyl (C=O) groups excluding carboxylic acids is 2. The number of hydrogen-bond acceptors (Lipinski definition) is 12. The molecule has 1 aliphatic heterocycles. The van der Waals surface area contributed by atoms with Gasteiger partial charge in [-0.05, 0) is 129 Å². The molecule has 2 aromatic carbocycles. The predicted octanol–water partition coefficient (Wildman–Crippen LogP) is 9.89. The van der Waals surface area contributed by atoms with Crippen molar-refractivity contribution in [2.75, 3.05) is 11.5 Å². The first-order valence-electron chi connectivity index (χ1n) is 16.4. The maximum Gasteiger partial charge on any atom is 0.239 e. The third kappa shape index (κ3) is 9.91. The van der Waals surface area contributed by atoms with Crippen molar-refractivity contribution in [1.82, 2.24) is 12.7 Å². The highest BCUT2D eigenvalue weighted by molar-refractivity contribution is 9.10. The number of anilines is 2.